The Hall–Kier alpha value is -7.16. The molecule has 0 unspecified atom stereocenters. The van der Waals surface area contributed by atoms with E-state index in [0.717, 1.165) is 39.0 Å². The Morgan fingerprint density at radius 2 is 0.889 bits per heavy atom. The van der Waals surface area contributed by atoms with E-state index in [4.69, 9.17) is 4.42 Å². The molecule has 11 aromatic rings. The zero-order chi connectivity index (χ0) is 35.6. The van der Waals surface area contributed by atoms with Crippen molar-refractivity contribution in [1.82, 2.24) is 0 Å². The van der Waals surface area contributed by atoms with Gasteiger partial charge in [0.15, 0.2) is 0 Å². The number of nitrogens with zero attached hydrogens (tertiary/aromatic N) is 1. The van der Waals surface area contributed by atoms with Gasteiger partial charge in [-0.25, -0.2) is 0 Å². The Morgan fingerprint density at radius 3 is 1.72 bits per heavy atom. The lowest BCUT2D eigenvalue weighted by Crippen LogP contribution is -2.10. The molecular weight excluding hydrogens is 655 g/mol. The first-order chi connectivity index (χ1) is 26.8. The van der Waals surface area contributed by atoms with Gasteiger partial charge in [0, 0.05) is 27.8 Å². The molecule has 2 nitrogen and oxygen atoms in total. The second-order valence-electron chi connectivity index (χ2n) is 14.1. The molecule has 0 aliphatic rings. The molecule has 54 heavy (non-hydrogen) atoms. The third kappa shape index (κ3) is 4.88. The summed E-state index contributed by atoms with van der Waals surface area (Å²) >= 11 is 0. The van der Waals surface area contributed by atoms with Crippen molar-refractivity contribution >= 4 is 82.1 Å². The van der Waals surface area contributed by atoms with Crippen LogP contribution in [0.15, 0.2) is 205 Å². The van der Waals surface area contributed by atoms with Gasteiger partial charge in [0.05, 0.1) is 0 Å². The van der Waals surface area contributed by atoms with Crippen molar-refractivity contribution in [3.05, 3.63) is 200 Å². The third-order valence-electron chi connectivity index (χ3n) is 11.0. The van der Waals surface area contributed by atoms with Crippen LogP contribution in [-0.4, -0.2) is 0 Å². The molecule has 0 spiro atoms. The van der Waals surface area contributed by atoms with Gasteiger partial charge in [-0.3, -0.25) is 0 Å². The Balaban J connectivity index is 1.16. The second-order valence-corrected chi connectivity index (χ2v) is 14.1. The van der Waals surface area contributed by atoms with Crippen molar-refractivity contribution in [2.75, 3.05) is 4.90 Å². The van der Waals surface area contributed by atoms with Crippen LogP contribution in [-0.2, 0) is 0 Å². The monoisotopic (exact) mass is 687 g/mol. The van der Waals surface area contributed by atoms with Crippen LogP contribution < -0.4 is 4.90 Å². The maximum Gasteiger partial charge on any atom is 0.135 e. The van der Waals surface area contributed by atoms with E-state index < -0.39 is 0 Å². The van der Waals surface area contributed by atoms with Crippen LogP contribution in [0.4, 0.5) is 17.1 Å². The van der Waals surface area contributed by atoms with Gasteiger partial charge < -0.3 is 9.32 Å². The van der Waals surface area contributed by atoms with Gasteiger partial charge >= 0.3 is 0 Å². The smallest absolute Gasteiger partial charge is 0.135 e. The molecule has 0 atom stereocenters. The number of rotatable bonds is 5. The average Bonchev–Trinajstić information content (AvgIpc) is 3.62. The van der Waals surface area contributed by atoms with Crippen molar-refractivity contribution < 1.29 is 4.42 Å². The van der Waals surface area contributed by atoms with E-state index in [1.54, 1.807) is 0 Å². The zero-order valence-electron chi connectivity index (χ0n) is 29.4. The first-order valence-electron chi connectivity index (χ1n) is 18.5. The normalized spacial score (nSPS) is 11.7. The van der Waals surface area contributed by atoms with Crippen LogP contribution in [0.25, 0.3) is 87.3 Å². The van der Waals surface area contributed by atoms with Crippen molar-refractivity contribution in [2.24, 2.45) is 0 Å². The number of hydrogen-bond acceptors (Lipinski definition) is 2. The Labute approximate surface area is 312 Å². The summed E-state index contributed by atoms with van der Waals surface area (Å²) in [5, 5.41) is 12.4. The lowest BCUT2D eigenvalue weighted by Gasteiger charge is -2.27. The Bertz CT molecular complexity index is 3230. The summed E-state index contributed by atoms with van der Waals surface area (Å²) < 4.78 is 6.27. The Kier molecular flexibility index (Phi) is 6.90. The van der Waals surface area contributed by atoms with E-state index in [0.29, 0.717) is 0 Å². The van der Waals surface area contributed by atoms with Gasteiger partial charge in [0.1, 0.15) is 11.2 Å². The highest BCUT2D eigenvalue weighted by molar-refractivity contribution is 6.30. The van der Waals surface area contributed by atoms with Crippen LogP contribution in [0.5, 0.6) is 0 Å². The summed E-state index contributed by atoms with van der Waals surface area (Å²) in [5.41, 5.74) is 9.75. The minimum absolute atomic E-state index is 0.883. The van der Waals surface area contributed by atoms with Crippen molar-refractivity contribution in [2.45, 2.75) is 0 Å². The number of para-hydroxylation sites is 1. The van der Waals surface area contributed by atoms with E-state index >= 15 is 0 Å². The maximum absolute atomic E-state index is 6.27. The molecule has 1 aromatic heterocycles. The highest BCUT2D eigenvalue weighted by Crippen LogP contribution is 2.44. The molecule has 0 saturated carbocycles. The van der Waals surface area contributed by atoms with E-state index in [9.17, 15) is 0 Å². The molecule has 0 saturated heterocycles. The molecule has 252 valence electrons. The number of furan rings is 1. The molecule has 0 amide bonds. The summed E-state index contributed by atoms with van der Waals surface area (Å²) in [4.78, 5) is 2.38. The van der Waals surface area contributed by atoms with Crippen LogP contribution in [0, 0.1) is 0 Å². The molecule has 0 aliphatic carbocycles. The topological polar surface area (TPSA) is 16.4 Å². The van der Waals surface area contributed by atoms with Crippen LogP contribution in [0.2, 0.25) is 0 Å². The van der Waals surface area contributed by atoms with Gasteiger partial charge in [-0.15, -0.1) is 0 Å². The minimum Gasteiger partial charge on any atom is -0.456 e. The first-order valence-corrected chi connectivity index (χ1v) is 18.5. The van der Waals surface area contributed by atoms with Crippen molar-refractivity contribution in [3.63, 3.8) is 0 Å². The minimum atomic E-state index is 0.883. The summed E-state index contributed by atoms with van der Waals surface area (Å²) in [7, 11) is 0. The first kappa shape index (κ1) is 30.5. The number of hydrogen-bond donors (Lipinski definition) is 0. The fraction of sp³-hybridized carbons (Fsp3) is 0. The molecule has 2 heteroatoms. The van der Waals surface area contributed by atoms with Crippen molar-refractivity contribution in [1.29, 1.82) is 0 Å². The summed E-state index contributed by atoms with van der Waals surface area (Å²) in [6.45, 7) is 0. The van der Waals surface area contributed by atoms with Crippen LogP contribution in [0.1, 0.15) is 0 Å². The van der Waals surface area contributed by atoms with E-state index in [2.05, 4.69) is 193 Å². The molecule has 10 aromatic carbocycles. The molecular formula is C52H33NO. The highest BCUT2D eigenvalue weighted by Gasteiger charge is 2.19. The van der Waals surface area contributed by atoms with Gasteiger partial charge in [0.25, 0.3) is 0 Å². The largest absolute Gasteiger partial charge is 0.456 e. The van der Waals surface area contributed by atoms with Gasteiger partial charge in [-0.2, -0.15) is 0 Å². The number of benzene rings is 10. The maximum atomic E-state index is 6.27. The predicted octanol–water partition coefficient (Wildman–Crippen LogP) is 15.0. The standard InChI is InChI=1S/C52H33NO/c1-2-12-34(13-3-1)37-16-10-18-40(30-37)53(42-27-29-50-48(33-42)45-22-8-9-23-49(45)54-50)41-19-11-17-38(31-41)47-32-39-15-5-7-21-44(39)52-46(47)28-26-36-25-24-35-14-4-6-20-43(35)51(36)52/h1-33H. The molecule has 0 fully saturated rings. The quantitative estimate of drug-likeness (QED) is 0.168. The van der Waals surface area contributed by atoms with E-state index in [1.807, 2.05) is 12.1 Å². The third-order valence-corrected chi connectivity index (χ3v) is 11.0. The fourth-order valence-corrected chi connectivity index (χ4v) is 8.49. The van der Waals surface area contributed by atoms with Crippen LogP contribution in [0.3, 0.4) is 0 Å². The summed E-state index contributed by atoms with van der Waals surface area (Å²) in [6.07, 6.45) is 0. The summed E-state index contributed by atoms with van der Waals surface area (Å²) in [6, 6.07) is 72.4. The molecule has 0 bridgehead atoms. The van der Waals surface area contributed by atoms with E-state index in [1.165, 1.54) is 65.3 Å². The fourth-order valence-electron chi connectivity index (χ4n) is 8.49. The second kappa shape index (κ2) is 12.2. The molecule has 0 aliphatic heterocycles. The zero-order valence-corrected chi connectivity index (χ0v) is 29.4. The average molecular weight is 688 g/mol. The predicted molar refractivity (Wildman–Crippen MR) is 229 cm³/mol. The molecule has 1 heterocycles. The SMILES string of the molecule is c1ccc(-c2cccc(N(c3cccc(-c4cc5ccccc5c5c4ccc4ccc6ccccc6c45)c3)c3ccc4oc5ccccc5c4c3)c2)cc1. The van der Waals surface area contributed by atoms with Crippen LogP contribution >= 0.6 is 0 Å². The van der Waals surface area contributed by atoms with Gasteiger partial charge in [-0.1, -0.05) is 146 Å². The molecule has 0 N–H and O–H groups in total. The van der Waals surface area contributed by atoms with Gasteiger partial charge in [-0.05, 0) is 120 Å². The van der Waals surface area contributed by atoms with E-state index in [-0.39, 0.29) is 0 Å². The molecule has 0 radical (unpaired) electrons. The molecule has 11 rings (SSSR count). The Morgan fingerprint density at radius 1 is 0.296 bits per heavy atom. The summed E-state index contributed by atoms with van der Waals surface area (Å²) in [5.74, 6) is 0. The van der Waals surface area contributed by atoms with Crippen molar-refractivity contribution in [3.8, 4) is 22.3 Å². The number of fused-ring (bicyclic) bond motifs is 10. The van der Waals surface area contributed by atoms with Gasteiger partial charge in [0.2, 0.25) is 0 Å². The number of anilines is 3. The highest BCUT2D eigenvalue weighted by atomic mass is 16.3. The lowest BCUT2D eigenvalue weighted by molar-refractivity contribution is 0.669. The lowest BCUT2D eigenvalue weighted by atomic mass is 9.88.